The van der Waals surface area contributed by atoms with Crippen molar-refractivity contribution in [3.05, 3.63) is 60.8 Å². The molecule has 50 valence electrons. The van der Waals surface area contributed by atoms with E-state index in [1.165, 1.54) is 5.57 Å². The van der Waals surface area contributed by atoms with Crippen LogP contribution in [-0.4, -0.2) is 0 Å². The van der Waals surface area contributed by atoms with Crippen molar-refractivity contribution in [3.63, 3.8) is 0 Å². The van der Waals surface area contributed by atoms with Crippen LogP contribution in [-0.2, 0) is 0 Å². The molecule has 0 saturated carbocycles. The minimum atomic E-state index is 1.09. The van der Waals surface area contributed by atoms with Gasteiger partial charge in [-0.2, -0.15) is 0 Å². The first-order valence-corrected chi connectivity index (χ1v) is 3.22. The highest BCUT2D eigenvalue weighted by molar-refractivity contribution is 5.50. The van der Waals surface area contributed by atoms with Gasteiger partial charge in [-0.1, -0.05) is 49.6 Å². The Labute approximate surface area is 61.6 Å². The molecule has 0 aromatic heterocycles. The van der Waals surface area contributed by atoms with Gasteiger partial charge in [-0.05, 0) is 11.1 Å². The van der Waals surface area contributed by atoms with Gasteiger partial charge in [-0.15, -0.1) is 0 Å². The van der Waals surface area contributed by atoms with Crippen LogP contribution in [0.1, 0.15) is 0 Å². The molecule has 0 amide bonds. The van der Waals surface area contributed by atoms with Gasteiger partial charge in [0.05, 0.1) is 0 Å². The largest absolute Gasteiger partial charge is 0.0984 e. The van der Waals surface area contributed by atoms with E-state index in [4.69, 9.17) is 0 Å². The van der Waals surface area contributed by atoms with Crippen LogP contribution in [0, 0.1) is 0 Å². The molecule has 0 atom stereocenters. The first kappa shape index (κ1) is 6.81. The quantitative estimate of drug-likeness (QED) is 0.539. The average Bonchev–Trinajstić information content (AvgIpc) is 2.43. The van der Waals surface area contributed by atoms with Crippen molar-refractivity contribution in [2.75, 3.05) is 0 Å². The standard InChI is InChI=1S/C10H10/c1-3-9(4-2)10-7-5-6-8-10/h3-8H,1-2H2. The second-order valence-electron chi connectivity index (χ2n) is 2.04. The second kappa shape index (κ2) is 3.02. The Kier molecular flexibility index (Phi) is 2.06. The fourth-order valence-corrected chi connectivity index (χ4v) is 0.885. The summed E-state index contributed by atoms with van der Waals surface area (Å²) in [4.78, 5) is 0. The lowest BCUT2D eigenvalue weighted by Gasteiger charge is -1.94. The SMILES string of the molecule is C=CC(C=C)=C1C=CC=C1. The van der Waals surface area contributed by atoms with Gasteiger partial charge in [0.15, 0.2) is 0 Å². The van der Waals surface area contributed by atoms with Crippen LogP contribution in [0.3, 0.4) is 0 Å². The third-order valence-electron chi connectivity index (χ3n) is 1.44. The van der Waals surface area contributed by atoms with Gasteiger partial charge in [-0.3, -0.25) is 0 Å². The van der Waals surface area contributed by atoms with Gasteiger partial charge in [-0.25, -0.2) is 0 Å². The predicted octanol–water partition coefficient (Wildman–Crippen LogP) is 2.78. The molecule has 10 heavy (non-hydrogen) atoms. The summed E-state index contributed by atoms with van der Waals surface area (Å²) in [5.74, 6) is 0. The Bertz CT molecular complexity index is 213. The molecule has 0 fully saturated rings. The molecule has 0 unspecified atom stereocenters. The first-order valence-electron chi connectivity index (χ1n) is 3.22. The summed E-state index contributed by atoms with van der Waals surface area (Å²) in [5.41, 5.74) is 2.27. The zero-order chi connectivity index (χ0) is 7.40. The number of allylic oxidation sites excluding steroid dienone is 8. The molecule has 0 radical (unpaired) electrons. The molecule has 0 heterocycles. The number of hydrogen-bond donors (Lipinski definition) is 0. The van der Waals surface area contributed by atoms with E-state index in [-0.39, 0.29) is 0 Å². The molecule has 0 aromatic carbocycles. The highest BCUT2D eigenvalue weighted by atomic mass is 14.0. The van der Waals surface area contributed by atoms with Crippen molar-refractivity contribution < 1.29 is 0 Å². The van der Waals surface area contributed by atoms with E-state index in [1.54, 1.807) is 0 Å². The van der Waals surface area contributed by atoms with Crippen LogP contribution in [0.5, 0.6) is 0 Å². The Morgan fingerprint density at radius 1 is 1.10 bits per heavy atom. The van der Waals surface area contributed by atoms with Gasteiger partial charge < -0.3 is 0 Å². The molecular formula is C10H10. The summed E-state index contributed by atoms with van der Waals surface area (Å²) >= 11 is 0. The van der Waals surface area contributed by atoms with Crippen LogP contribution >= 0.6 is 0 Å². The molecule has 0 aliphatic heterocycles. The molecule has 0 nitrogen and oxygen atoms in total. The van der Waals surface area contributed by atoms with Crippen LogP contribution in [0.2, 0.25) is 0 Å². The summed E-state index contributed by atoms with van der Waals surface area (Å²) in [5, 5.41) is 0. The minimum absolute atomic E-state index is 1.09. The Morgan fingerprint density at radius 2 is 1.60 bits per heavy atom. The van der Waals surface area contributed by atoms with Gasteiger partial charge in [0.1, 0.15) is 0 Å². The zero-order valence-corrected chi connectivity index (χ0v) is 5.88. The molecule has 1 rings (SSSR count). The number of rotatable bonds is 2. The highest BCUT2D eigenvalue weighted by Gasteiger charge is 1.94. The fourth-order valence-electron chi connectivity index (χ4n) is 0.885. The highest BCUT2D eigenvalue weighted by Crippen LogP contribution is 2.14. The molecular weight excluding hydrogens is 120 g/mol. The fraction of sp³-hybridized carbons (Fsp3) is 0. The minimum Gasteiger partial charge on any atom is -0.0984 e. The summed E-state index contributed by atoms with van der Waals surface area (Å²) in [6.45, 7) is 7.36. The van der Waals surface area contributed by atoms with Gasteiger partial charge in [0.25, 0.3) is 0 Å². The van der Waals surface area contributed by atoms with E-state index in [0.29, 0.717) is 0 Å². The van der Waals surface area contributed by atoms with Crippen molar-refractivity contribution in [2.24, 2.45) is 0 Å². The van der Waals surface area contributed by atoms with Crippen molar-refractivity contribution in [2.45, 2.75) is 0 Å². The van der Waals surface area contributed by atoms with Crippen LogP contribution in [0.15, 0.2) is 60.8 Å². The number of hydrogen-bond acceptors (Lipinski definition) is 0. The lowest BCUT2D eigenvalue weighted by Crippen LogP contribution is -1.74. The Morgan fingerprint density at radius 3 is 2.00 bits per heavy atom. The molecule has 0 spiro atoms. The lowest BCUT2D eigenvalue weighted by molar-refractivity contribution is 1.62. The molecule has 0 N–H and O–H groups in total. The molecule has 0 aromatic rings. The molecule has 0 heteroatoms. The van der Waals surface area contributed by atoms with E-state index in [2.05, 4.69) is 13.2 Å². The Balaban J connectivity index is 3.02. The normalized spacial score (nSPS) is 13.8. The topological polar surface area (TPSA) is 0 Å². The molecule has 0 saturated heterocycles. The summed E-state index contributed by atoms with van der Waals surface area (Å²) in [7, 11) is 0. The van der Waals surface area contributed by atoms with Crippen LogP contribution in [0.4, 0.5) is 0 Å². The van der Waals surface area contributed by atoms with Gasteiger partial charge >= 0.3 is 0 Å². The molecule has 1 aliphatic rings. The third kappa shape index (κ3) is 1.16. The maximum atomic E-state index is 3.68. The Hall–Kier alpha value is -1.30. The van der Waals surface area contributed by atoms with E-state index in [9.17, 15) is 0 Å². The maximum absolute atomic E-state index is 3.68. The zero-order valence-electron chi connectivity index (χ0n) is 5.88. The second-order valence-corrected chi connectivity index (χ2v) is 2.04. The predicted molar refractivity (Wildman–Crippen MR) is 45.7 cm³/mol. The smallest absolute Gasteiger partial charge is 0.0184 e. The third-order valence-corrected chi connectivity index (χ3v) is 1.44. The van der Waals surface area contributed by atoms with E-state index >= 15 is 0 Å². The summed E-state index contributed by atoms with van der Waals surface area (Å²) < 4.78 is 0. The van der Waals surface area contributed by atoms with Crippen molar-refractivity contribution >= 4 is 0 Å². The van der Waals surface area contributed by atoms with Crippen molar-refractivity contribution in [3.8, 4) is 0 Å². The lowest BCUT2D eigenvalue weighted by atomic mass is 10.1. The molecule has 1 aliphatic carbocycles. The van der Waals surface area contributed by atoms with E-state index in [1.807, 2.05) is 36.5 Å². The summed E-state index contributed by atoms with van der Waals surface area (Å²) in [6.07, 6.45) is 11.7. The van der Waals surface area contributed by atoms with E-state index < -0.39 is 0 Å². The summed E-state index contributed by atoms with van der Waals surface area (Å²) in [6, 6.07) is 0. The van der Waals surface area contributed by atoms with Crippen molar-refractivity contribution in [1.29, 1.82) is 0 Å². The first-order chi connectivity index (χ1) is 4.88. The van der Waals surface area contributed by atoms with E-state index in [0.717, 1.165) is 5.57 Å². The molecule has 0 bridgehead atoms. The van der Waals surface area contributed by atoms with Crippen molar-refractivity contribution in [1.82, 2.24) is 0 Å². The maximum Gasteiger partial charge on any atom is -0.0184 e. The van der Waals surface area contributed by atoms with Crippen LogP contribution in [0.25, 0.3) is 0 Å². The van der Waals surface area contributed by atoms with Crippen LogP contribution < -0.4 is 0 Å². The van der Waals surface area contributed by atoms with Gasteiger partial charge in [0.2, 0.25) is 0 Å². The monoisotopic (exact) mass is 130 g/mol. The van der Waals surface area contributed by atoms with Gasteiger partial charge in [0, 0.05) is 0 Å². The average molecular weight is 130 g/mol.